The Labute approximate surface area is 154 Å². The van der Waals surface area contributed by atoms with Crippen LogP contribution in [0.5, 0.6) is 5.75 Å². The average molecular weight is 374 g/mol. The quantitative estimate of drug-likeness (QED) is 0.624. The molecule has 0 atom stereocenters. The molecule has 0 bridgehead atoms. The van der Waals surface area contributed by atoms with Crippen molar-refractivity contribution >= 4 is 52.0 Å². The maximum atomic E-state index is 11.9. The Morgan fingerprint density at radius 3 is 2.71 bits per heavy atom. The van der Waals surface area contributed by atoms with Crippen LogP contribution in [-0.4, -0.2) is 17.3 Å². The zero-order chi connectivity index (χ0) is 17.1. The SMILES string of the molecule is COc1cc(C)ccc1Sc1ccccc1C=C1SC(=S)NC1=O. The van der Waals surface area contributed by atoms with E-state index in [1.54, 1.807) is 18.9 Å². The molecule has 1 amide bonds. The van der Waals surface area contributed by atoms with Gasteiger partial charge in [-0.1, -0.05) is 60.0 Å². The predicted octanol–water partition coefficient (Wildman–Crippen LogP) is 4.64. The van der Waals surface area contributed by atoms with Gasteiger partial charge in [0.2, 0.25) is 0 Å². The molecule has 0 radical (unpaired) electrons. The Hall–Kier alpha value is -1.76. The summed E-state index contributed by atoms with van der Waals surface area (Å²) in [5, 5.41) is 2.64. The van der Waals surface area contributed by atoms with Crippen molar-refractivity contribution in [2.45, 2.75) is 16.7 Å². The van der Waals surface area contributed by atoms with E-state index >= 15 is 0 Å². The van der Waals surface area contributed by atoms with E-state index in [-0.39, 0.29) is 5.91 Å². The molecular formula is C18H15NO2S3. The van der Waals surface area contributed by atoms with Crippen LogP contribution >= 0.6 is 35.7 Å². The minimum absolute atomic E-state index is 0.141. The van der Waals surface area contributed by atoms with Gasteiger partial charge in [-0.05, 0) is 42.3 Å². The van der Waals surface area contributed by atoms with Crippen molar-refractivity contribution in [1.82, 2.24) is 5.32 Å². The maximum absolute atomic E-state index is 11.9. The zero-order valence-corrected chi connectivity index (χ0v) is 15.6. The van der Waals surface area contributed by atoms with Gasteiger partial charge in [0, 0.05) is 4.90 Å². The standard InChI is InChI=1S/C18H15NO2S3/c1-11-7-8-15(13(9-11)21-2)23-14-6-4-3-5-12(14)10-16-17(20)19-18(22)24-16/h3-10H,1-2H3,(H,19,20,22). The highest BCUT2D eigenvalue weighted by molar-refractivity contribution is 8.26. The molecule has 24 heavy (non-hydrogen) atoms. The summed E-state index contributed by atoms with van der Waals surface area (Å²) in [6.45, 7) is 2.04. The molecule has 0 unspecified atom stereocenters. The lowest BCUT2D eigenvalue weighted by Crippen LogP contribution is -2.17. The number of ether oxygens (including phenoxy) is 1. The third kappa shape index (κ3) is 3.83. The number of carbonyl (C=O) groups is 1. The molecule has 1 N–H and O–H groups in total. The Kier molecular flexibility index (Phi) is 5.28. The molecule has 1 aliphatic rings. The second-order valence-electron chi connectivity index (χ2n) is 5.15. The number of aryl methyl sites for hydroxylation is 1. The van der Waals surface area contributed by atoms with Crippen molar-refractivity contribution < 1.29 is 9.53 Å². The molecule has 2 aromatic carbocycles. The zero-order valence-electron chi connectivity index (χ0n) is 13.2. The highest BCUT2D eigenvalue weighted by atomic mass is 32.2. The molecule has 1 saturated heterocycles. The number of thioether (sulfide) groups is 1. The van der Waals surface area contributed by atoms with E-state index in [9.17, 15) is 4.79 Å². The minimum atomic E-state index is -0.141. The molecule has 0 spiro atoms. The van der Waals surface area contributed by atoms with Crippen LogP contribution in [0.3, 0.4) is 0 Å². The number of hydrogen-bond donors (Lipinski definition) is 1. The second-order valence-corrected chi connectivity index (χ2v) is 7.95. The number of nitrogens with one attached hydrogen (secondary N) is 1. The first-order valence-corrected chi connectivity index (χ1v) is 9.27. The van der Waals surface area contributed by atoms with Gasteiger partial charge in [-0.25, -0.2) is 0 Å². The fraction of sp³-hybridized carbons (Fsp3) is 0.111. The third-order valence-electron chi connectivity index (χ3n) is 3.39. The Morgan fingerprint density at radius 1 is 1.21 bits per heavy atom. The summed E-state index contributed by atoms with van der Waals surface area (Å²) < 4.78 is 5.98. The van der Waals surface area contributed by atoms with Crippen LogP contribution in [0.1, 0.15) is 11.1 Å². The molecule has 3 rings (SSSR count). The first kappa shape index (κ1) is 17.1. The molecule has 3 nitrogen and oxygen atoms in total. The first-order chi connectivity index (χ1) is 11.6. The van der Waals surface area contributed by atoms with Crippen molar-refractivity contribution in [3.8, 4) is 5.75 Å². The van der Waals surface area contributed by atoms with Crippen LogP contribution in [0.25, 0.3) is 6.08 Å². The fourth-order valence-electron chi connectivity index (χ4n) is 2.23. The molecule has 0 aliphatic carbocycles. The van der Waals surface area contributed by atoms with E-state index in [1.165, 1.54) is 11.8 Å². The molecule has 1 heterocycles. The minimum Gasteiger partial charge on any atom is -0.496 e. The van der Waals surface area contributed by atoms with E-state index in [1.807, 2.05) is 43.3 Å². The van der Waals surface area contributed by atoms with Gasteiger partial charge >= 0.3 is 0 Å². The first-order valence-electron chi connectivity index (χ1n) is 7.23. The fourth-order valence-corrected chi connectivity index (χ4v) is 4.27. The summed E-state index contributed by atoms with van der Waals surface area (Å²) in [5.41, 5.74) is 2.13. The second kappa shape index (κ2) is 7.42. The summed E-state index contributed by atoms with van der Waals surface area (Å²) in [5.74, 6) is 0.703. The van der Waals surface area contributed by atoms with Gasteiger partial charge in [0.05, 0.1) is 16.9 Å². The highest BCUT2D eigenvalue weighted by Gasteiger charge is 2.22. The van der Waals surface area contributed by atoms with E-state index in [4.69, 9.17) is 17.0 Å². The van der Waals surface area contributed by atoms with Crippen LogP contribution in [0.2, 0.25) is 0 Å². The number of methoxy groups -OCH3 is 1. The van der Waals surface area contributed by atoms with Gasteiger partial charge in [-0.15, -0.1) is 0 Å². The number of carbonyl (C=O) groups excluding carboxylic acids is 1. The normalized spacial score (nSPS) is 15.7. The molecule has 2 aromatic rings. The Bertz CT molecular complexity index is 846. The van der Waals surface area contributed by atoms with Gasteiger partial charge in [0.25, 0.3) is 5.91 Å². The van der Waals surface area contributed by atoms with Gasteiger partial charge in [0.1, 0.15) is 10.1 Å². The number of amides is 1. The predicted molar refractivity (Wildman–Crippen MR) is 105 cm³/mol. The summed E-state index contributed by atoms with van der Waals surface area (Å²) in [4.78, 5) is 14.6. The Morgan fingerprint density at radius 2 is 2.00 bits per heavy atom. The smallest absolute Gasteiger partial charge is 0.263 e. The van der Waals surface area contributed by atoms with Crippen molar-refractivity contribution in [1.29, 1.82) is 0 Å². The van der Waals surface area contributed by atoms with Crippen LogP contribution in [-0.2, 0) is 4.79 Å². The lowest BCUT2D eigenvalue weighted by atomic mass is 10.2. The summed E-state index contributed by atoms with van der Waals surface area (Å²) in [6.07, 6.45) is 1.88. The number of hydrogen-bond acceptors (Lipinski definition) is 5. The lowest BCUT2D eigenvalue weighted by molar-refractivity contribution is -0.115. The summed E-state index contributed by atoms with van der Waals surface area (Å²) in [6, 6.07) is 14.1. The van der Waals surface area contributed by atoms with Crippen molar-refractivity contribution in [3.63, 3.8) is 0 Å². The Balaban J connectivity index is 1.95. The molecule has 1 fully saturated rings. The summed E-state index contributed by atoms with van der Waals surface area (Å²) >= 11 is 7.95. The molecule has 122 valence electrons. The number of rotatable bonds is 4. The van der Waals surface area contributed by atoms with Crippen molar-refractivity contribution in [2.24, 2.45) is 0 Å². The number of benzene rings is 2. The topological polar surface area (TPSA) is 38.3 Å². The molecule has 0 saturated carbocycles. The van der Waals surface area contributed by atoms with Gasteiger partial charge in [0.15, 0.2) is 0 Å². The van der Waals surface area contributed by atoms with Crippen LogP contribution in [0, 0.1) is 6.92 Å². The van der Waals surface area contributed by atoms with Crippen LogP contribution < -0.4 is 10.1 Å². The monoisotopic (exact) mass is 373 g/mol. The van der Waals surface area contributed by atoms with E-state index in [0.717, 1.165) is 26.7 Å². The molecule has 0 aromatic heterocycles. The van der Waals surface area contributed by atoms with Crippen molar-refractivity contribution in [2.75, 3.05) is 7.11 Å². The van der Waals surface area contributed by atoms with Crippen LogP contribution in [0.4, 0.5) is 0 Å². The van der Waals surface area contributed by atoms with E-state index in [2.05, 4.69) is 17.4 Å². The van der Waals surface area contributed by atoms with Gasteiger partial charge in [-0.3, -0.25) is 4.79 Å². The van der Waals surface area contributed by atoms with Crippen molar-refractivity contribution in [3.05, 3.63) is 58.5 Å². The van der Waals surface area contributed by atoms with Gasteiger partial charge < -0.3 is 10.1 Å². The van der Waals surface area contributed by atoms with E-state index < -0.39 is 0 Å². The maximum Gasteiger partial charge on any atom is 0.263 e. The molecular weight excluding hydrogens is 358 g/mol. The summed E-state index contributed by atoms with van der Waals surface area (Å²) in [7, 11) is 1.67. The molecule has 6 heteroatoms. The van der Waals surface area contributed by atoms with E-state index in [0.29, 0.717) is 9.23 Å². The van der Waals surface area contributed by atoms with Gasteiger partial charge in [-0.2, -0.15) is 0 Å². The third-order valence-corrected chi connectivity index (χ3v) is 5.70. The lowest BCUT2D eigenvalue weighted by Gasteiger charge is -2.11. The average Bonchev–Trinajstić information content (AvgIpc) is 2.88. The van der Waals surface area contributed by atoms with Crippen LogP contribution in [0.15, 0.2) is 57.2 Å². The largest absolute Gasteiger partial charge is 0.496 e. The number of thiocarbonyl (C=S) groups is 1. The highest BCUT2D eigenvalue weighted by Crippen LogP contribution is 2.38. The molecule has 1 aliphatic heterocycles.